The predicted octanol–water partition coefficient (Wildman–Crippen LogP) is 4.16. The van der Waals surface area contributed by atoms with E-state index in [1.165, 1.54) is 13.2 Å². The highest BCUT2D eigenvalue weighted by atomic mass is 16.5. The molecular formula is C27H25N3O5. The van der Waals surface area contributed by atoms with Crippen molar-refractivity contribution in [1.82, 2.24) is 9.88 Å². The summed E-state index contributed by atoms with van der Waals surface area (Å²) in [4.78, 5) is 51.1. The molecule has 4 amide bonds. The van der Waals surface area contributed by atoms with Gasteiger partial charge in [-0.25, -0.2) is 14.5 Å². The molecule has 1 aliphatic heterocycles. The number of carbonyl (C=O) groups is 4. The van der Waals surface area contributed by atoms with E-state index in [2.05, 4.69) is 5.32 Å². The molecule has 0 atom stereocenters. The Hall–Kier alpha value is -4.46. The summed E-state index contributed by atoms with van der Waals surface area (Å²) >= 11 is 0. The lowest BCUT2D eigenvalue weighted by Crippen LogP contribution is -2.54. The number of barbiturate groups is 1. The summed E-state index contributed by atoms with van der Waals surface area (Å²) in [6.07, 6.45) is 1.50. The Kier molecular flexibility index (Phi) is 6.13. The van der Waals surface area contributed by atoms with Gasteiger partial charge in [0.15, 0.2) is 0 Å². The van der Waals surface area contributed by atoms with E-state index >= 15 is 0 Å². The van der Waals surface area contributed by atoms with Crippen molar-refractivity contribution in [1.29, 1.82) is 0 Å². The summed E-state index contributed by atoms with van der Waals surface area (Å²) in [6, 6.07) is 13.2. The molecule has 4 rings (SSSR count). The van der Waals surface area contributed by atoms with E-state index in [0.29, 0.717) is 16.8 Å². The minimum Gasteiger partial charge on any atom is -0.465 e. The number of carbonyl (C=O) groups excluding carboxylic acids is 4. The van der Waals surface area contributed by atoms with E-state index in [1.54, 1.807) is 36.4 Å². The number of anilines is 1. The first-order valence-corrected chi connectivity index (χ1v) is 11.0. The lowest BCUT2D eigenvalue weighted by Gasteiger charge is -2.26. The third kappa shape index (κ3) is 4.26. The molecule has 1 aromatic heterocycles. The largest absolute Gasteiger partial charge is 0.465 e. The van der Waals surface area contributed by atoms with E-state index in [-0.39, 0.29) is 5.57 Å². The van der Waals surface area contributed by atoms with Crippen LogP contribution in [0.4, 0.5) is 10.5 Å². The number of imide groups is 2. The van der Waals surface area contributed by atoms with Crippen LogP contribution in [0.5, 0.6) is 0 Å². The summed E-state index contributed by atoms with van der Waals surface area (Å²) in [5.74, 6) is -1.85. The second-order valence-electron chi connectivity index (χ2n) is 8.43. The van der Waals surface area contributed by atoms with Gasteiger partial charge in [-0.05, 0) is 92.9 Å². The van der Waals surface area contributed by atoms with Crippen molar-refractivity contribution in [3.8, 4) is 5.69 Å². The first kappa shape index (κ1) is 23.7. The van der Waals surface area contributed by atoms with Crippen LogP contribution in [-0.4, -0.2) is 35.5 Å². The van der Waals surface area contributed by atoms with Crippen molar-refractivity contribution in [2.75, 3.05) is 12.0 Å². The number of hydrogen-bond donors (Lipinski definition) is 1. The molecule has 1 aliphatic rings. The Labute approximate surface area is 202 Å². The third-order valence-electron chi connectivity index (χ3n) is 6.17. The zero-order valence-electron chi connectivity index (χ0n) is 20.1. The van der Waals surface area contributed by atoms with Gasteiger partial charge in [0.2, 0.25) is 0 Å². The fraction of sp³-hybridized carbons (Fsp3) is 0.185. The van der Waals surface area contributed by atoms with Gasteiger partial charge in [0.1, 0.15) is 5.57 Å². The summed E-state index contributed by atoms with van der Waals surface area (Å²) in [7, 11) is 1.33. The number of esters is 1. The van der Waals surface area contributed by atoms with E-state index in [1.807, 2.05) is 44.4 Å². The summed E-state index contributed by atoms with van der Waals surface area (Å²) in [5.41, 5.74) is 5.76. The Bertz CT molecular complexity index is 1410. The number of benzene rings is 2. The van der Waals surface area contributed by atoms with E-state index in [0.717, 1.165) is 33.1 Å². The number of aromatic nitrogens is 1. The molecule has 0 aliphatic carbocycles. The summed E-state index contributed by atoms with van der Waals surface area (Å²) < 4.78 is 6.70. The maximum Gasteiger partial charge on any atom is 0.337 e. The lowest BCUT2D eigenvalue weighted by atomic mass is 10.1. The maximum atomic E-state index is 13.3. The molecule has 1 saturated heterocycles. The number of hydrogen-bond acceptors (Lipinski definition) is 5. The van der Waals surface area contributed by atoms with Gasteiger partial charge in [-0.2, -0.15) is 0 Å². The van der Waals surface area contributed by atoms with Crippen molar-refractivity contribution >= 4 is 35.6 Å². The van der Waals surface area contributed by atoms with Crippen molar-refractivity contribution in [2.24, 2.45) is 0 Å². The van der Waals surface area contributed by atoms with Crippen molar-refractivity contribution in [2.45, 2.75) is 27.7 Å². The van der Waals surface area contributed by atoms with Crippen molar-refractivity contribution in [3.63, 3.8) is 0 Å². The first-order valence-electron chi connectivity index (χ1n) is 11.0. The fourth-order valence-electron chi connectivity index (χ4n) is 4.11. The van der Waals surface area contributed by atoms with Crippen molar-refractivity contribution in [3.05, 3.63) is 87.7 Å². The summed E-state index contributed by atoms with van der Waals surface area (Å²) in [5, 5.41) is 2.27. The molecule has 8 nitrogen and oxygen atoms in total. The van der Waals surface area contributed by atoms with Crippen LogP contribution in [0.2, 0.25) is 0 Å². The van der Waals surface area contributed by atoms with Gasteiger partial charge in [-0.3, -0.25) is 14.9 Å². The number of rotatable bonds is 4. The molecule has 2 aromatic carbocycles. The standard InChI is InChI=1S/C27H25N3O5/c1-15-6-9-22(12-16(15)2)30-25(32)23(24(31)28-27(30)34)14-20-13-17(3)29(18(20)4)21-10-7-19(8-11-21)26(33)35-5/h6-14H,1-5H3,(H,28,31,34)/b23-14-. The number of nitrogens with one attached hydrogen (secondary N) is 1. The molecule has 178 valence electrons. The van der Waals surface area contributed by atoms with Crippen LogP contribution in [0.3, 0.4) is 0 Å². The number of methoxy groups -OCH3 is 1. The van der Waals surface area contributed by atoms with Crippen LogP contribution in [-0.2, 0) is 14.3 Å². The van der Waals surface area contributed by atoms with Gasteiger partial charge < -0.3 is 9.30 Å². The van der Waals surface area contributed by atoms with Gasteiger partial charge in [0.25, 0.3) is 11.8 Å². The maximum absolute atomic E-state index is 13.3. The highest BCUT2D eigenvalue weighted by Crippen LogP contribution is 2.27. The predicted molar refractivity (Wildman–Crippen MR) is 132 cm³/mol. The molecule has 0 bridgehead atoms. The van der Waals surface area contributed by atoms with E-state index in [9.17, 15) is 19.2 Å². The van der Waals surface area contributed by atoms with Crippen LogP contribution in [0, 0.1) is 27.7 Å². The van der Waals surface area contributed by atoms with Gasteiger partial charge >= 0.3 is 12.0 Å². The number of urea groups is 1. The van der Waals surface area contributed by atoms with Crippen LogP contribution in [0.1, 0.15) is 38.4 Å². The fourth-order valence-corrected chi connectivity index (χ4v) is 4.11. The number of ether oxygens (including phenoxy) is 1. The SMILES string of the molecule is COC(=O)c1ccc(-n2c(C)cc(/C=C3/C(=O)NC(=O)N(c4ccc(C)c(C)c4)C3=O)c2C)cc1. The molecule has 3 aromatic rings. The quantitative estimate of drug-likeness (QED) is 0.350. The molecule has 0 unspecified atom stereocenters. The van der Waals surface area contributed by atoms with Crippen LogP contribution < -0.4 is 10.2 Å². The molecule has 0 saturated carbocycles. The highest BCUT2D eigenvalue weighted by molar-refractivity contribution is 6.39. The van der Waals surface area contributed by atoms with Crippen molar-refractivity contribution < 1.29 is 23.9 Å². The van der Waals surface area contributed by atoms with Crippen LogP contribution in [0.15, 0.2) is 54.1 Å². The third-order valence-corrected chi connectivity index (χ3v) is 6.17. The van der Waals surface area contributed by atoms with Gasteiger partial charge in [-0.1, -0.05) is 6.07 Å². The molecule has 0 radical (unpaired) electrons. The molecule has 2 heterocycles. The first-order chi connectivity index (χ1) is 16.6. The Morgan fingerprint density at radius 1 is 0.886 bits per heavy atom. The monoisotopic (exact) mass is 471 g/mol. The zero-order valence-corrected chi connectivity index (χ0v) is 20.1. The smallest absolute Gasteiger partial charge is 0.337 e. The van der Waals surface area contributed by atoms with Crippen LogP contribution in [0.25, 0.3) is 11.8 Å². The number of amides is 4. The van der Waals surface area contributed by atoms with Crippen LogP contribution >= 0.6 is 0 Å². The molecular weight excluding hydrogens is 446 g/mol. The lowest BCUT2D eigenvalue weighted by molar-refractivity contribution is -0.122. The Morgan fingerprint density at radius 3 is 2.17 bits per heavy atom. The molecule has 1 fully saturated rings. The van der Waals surface area contributed by atoms with Gasteiger partial charge in [-0.15, -0.1) is 0 Å². The molecule has 35 heavy (non-hydrogen) atoms. The van der Waals surface area contributed by atoms with Gasteiger partial charge in [0.05, 0.1) is 18.4 Å². The average molecular weight is 472 g/mol. The zero-order chi connectivity index (χ0) is 25.4. The van der Waals surface area contributed by atoms with E-state index < -0.39 is 23.8 Å². The molecule has 1 N–H and O–H groups in total. The normalized spacial score (nSPS) is 14.9. The molecule has 0 spiro atoms. The highest BCUT2D eigenvalue weighted by Gasteiger charge is 2.37. The second kappa shape index (κ2) is 9.06. The second-order valence-corrected chi connectivity index (χ2v) is 8.43. The Balaban J connectivity index is 1.72. The van der Waals surface area contributed by atoms with E-state index in [4.69, 9.17) is 4.74 Å². The molecule has 8 heteroatoms. The minimum absolute atomic E-state index is 0.135. The summed E-state index contributed by atoms with van der Waals surface area (Å²) in [6.45, 7) is 7.59. The average Bonchev–Trinajstić information content (AvgIpc) is 3.11. The Morgan fingerprint density at radius 2 is 1.54 bits per heavy atom. The number of nitrogens with zero attached hydrogens (tertiary/aromatic N) is 2. The number of aryl methyl sites for hydroxylation is 3. The minimum atomic E-state index is -0.781. The topological polar surface area (TPSA) is 97.7 Å². The van der Waals surface area contributed by atoms with Gasteiger partial charge in [0, 0.05) is 17.1 Å².